The lowest BCUT2D eigenvalue weighted by Crippen LogP contribution is -2.52. The number of nitrogens with zero attached hydrogens (tertiary/aromatic N) is 2. The van der Waals surface area contributed by atoms with Crippen molar-refractivity contribution < 1.29 is 14.4 Å². The number of hydrogen-bond acceptors (Lipinski definition) is 5. The molecule has 2 saturated heterocycles. The second kappa shape index (κ2) is 6.24. The van der Waals surface area contributed by atoms with Gasteiger partial charge in [-0.2, -0.15) is 0 Å². The number of benzene rings is 1. The number of carbonyl (C=O) groups excluding carboxylic acids is 3. The highest BCUT2D eigenvalue weighted by molar-refractivity contribution is 6.05. The molecule has 3 amide bonds. The molecule has 1 aromatic rings. The second-order valence-corrected chi connectivity index (χ2v) is 6.99. The maximum absolute atomic E-state index is 12.8. The largest absolute Gasteiger partial charge is 0.329 e. The molecule has 0 saturated carbocycles. The molecule has 7 nitrogen and oxygen atoms in total. The highest BCUT2D eigenvalue weighted by Crippen LogP contribution is 2.31. The Balaban J connectivity index is 1.56. The quantitative estimate of drug-likeness (QED) is 0.750. The van der Waals surface area contributed by atoms with Gasteiger partial charge in [0.15, 0.2) is 0 Å². The molecule has 0 spiro atoms. The van der Waals surface area contributed by atoms with Crippen molar-refractivity contribution in [2.75, 3.05) is 13.1 Å². The third kappa shape index (κ3) is 2.73. The Labute approximate surface area is 146 Å². The van der Waals surface area contributed by atoms with Gasteiger partial charge in [-0.05, 0) is 30.0 Å². The fraction of sp³-hybridized carbons (Fsp3) is 0.500. The minimum Gasteiger partial charge on any atom is -0.329 e. The Bertz CT molecular complexity index is 746. The minimum atomic E-state index is -0.564. The Kier molecular flexibility index (Phi) is 4.05. The molecule has 0 aromatic heterocycles. The average Bonchev–Trinajstić information content (AvgIpc) is 2.90. The Morgan fingerprint density at radius 1 is 1.20 bits per heavy atom. The van der Waals surface area contributed by atoms with Gasteiger partial charge in [-0.25, -0.2) is 0 Å². The number of amides is 3. The molecule has 0 bridgehead atoms. The van der Waals surface area contributed by atoms with E-state index >= 15 is 0 Å². The van der Waals surface area contributed by atoms with Gasteiger partial charge in [0, 0.05) is 44.2 Å². The minimum absolute atomic E-state index is 0.120. The maximum atomic E-state index is 12.8. The Hall–Kier alpha value is -2.25. The van der Waals surface area contributed by atoms with E-state index in [1.165, 1.54) is 0 Å². The lowest BCUT2D eigenvalue weighted by molar-refractivity contribution is -0.136. The molecular weight excluding hydrogens is 320 g/mol. The van der Waals surface area contributed by atoms with Crippen LogP contribution in [0.25, 0.3) is 0 Å². The van der Waals surface area contributed by atoms with Crippen molar-refractivity contribution in [1.29, 1.82) is 0 Å². The smallest absolute Gasteiger partial charge is 0.255 e. The topological polar surface area (TPSA) is 95.7 Å². The van der Waals surface area contributed by atoms with Crippen molar-refractivity contribution in [3.8, 4) is 0 Å². The summed E-state index contributed by atoms with van der Waals surface area (Å²) in [6.07, 6.45) is 1.78. The van der Waals surface area contributed by atoms with E-state index in [0.29, 0.717) is 31.1 Å². The van der Waals surface area contributed by atoms with E-state index in [2.05, 4.69) is 10.2 Å². The molecule has 132 valence electrons. The molecule has 2 atom stereocenters. The number of nitrogens with two attached hydrogens (primary N) is 1. The van der Waals surface area contributed by atoms with E-state index in [1.54, 1.807) is 4.90 Å². The van der Waals surface area contributed by atoms with Gasteiger partial charge >= 0.3 is 0 Å². The van der Waals surface area contributed by atoms with Crippen LogP contribution in [0.3, 0.4) is 0 Å². The molecule has 3 heterocycles. The molecule has 1 aromatic carbocycles. The molecule has 0 radical (unpaired) electrons. The van der Waals surface area contributed by atoms with Crippen LogP contribution in [0.5, 0.6) is 0 Å². The van der Waals surface area contributed by atoms with Crippen LogP contribution in [0.15, 0.2) is 18.2 Å². The summed E-state index contributed by atoms with van der Waals surface area (Å²) in [4.78, 5) is 40.2. The van der Waals surface area contributed by atoms with Crippen LogP contribution >= 0.6 is 0 Å². The third-order valence-corrected chi connectivity index (χ3v) is 5.59. The van der Waals surface area contributed by atoms with Gasteiger partial charge < -0.3 is 10.6 Å². The molecule has 0 aliphatic carbocycles. The number of nitrogens with one attached hydrogen (secondary N) is 1. The van der Waals surface area contributed by atoms with Gasteiger partial charge in [0.1, 0.15) is 6.04 Å². The van der Waals surface area contributed by atoms with Crippen molar-refractivity contribution in [2.24, 2.45) is 5.73 Å². The third-order valence-electron chi connectivity index (χ3n) is 5.59. The predicted octanol–water partition coefficient (Wildman–Crippen LogP) is -0.0194. The molecule has 2 fully saturated rings. The number of imide groups is 1. The number of hydrogen-bond donors (Lipinski definition) is 2. The molecule has 2 unspecified atom stereocenters. The second-order valence-electron chi connectivity index (χ2n) is 6.99. The highest BCUT2D eigenvalue weighted by Gasteiger charge is 2.40. The zero-order valence-electron chi connectivity index (χ0n) is 14.0. The van der Waals surface area contributed by atoms with Crippen LogP contribution in [-0.4, -0.2) is 52.7 Å². The molecular formula is C18H22N4O3. The van der Waals surface area contributed by atoms with E-state index in [4.69, 9.17) is 5.73 Å². The first-order valence-electron chi connectivity index (χ1n) is 8.78. The SMILES string of the molecule is NCC1CCN1Cc1cccc2c1CN(C1CCC(=O)NC1=O)C2=O. The van der Waals surface area contributed by atoms with Crippen molar-refractivity contribution >= 4 is 17.7 Å². The van der Waals surface area contributed by atoms with Crippen molar-refractivity contribution in [1.82, 2.24) is 15.1 Å². The normalized spacial score (nSPS) is 26.4. The van der Waals surface area contributed by atoms with Crippen molar-refractivity contribution in [2.45, 2.75) is 44.4 Å². The molecule has 3 aliphatic rings. The van der Waals surface area contributed by atoms with Crippen molar-refractivity contribution in [3.63, 3.8) is 0 Å². The summed E-state index contributed by atoms with van der Waals surface area (Å²) in [7, 11) is 0. The molecule has 7 heteroatoms. The van der Waals surface area contributed by atoms with Crippen molar-refractivity contribution in [3.05, 3.63) is 34.9 Å². The number of fused-ring (bicyclic) bond motifs is 1. The first-order chi connectivity index (χ1) is 12.1. The number of likely N-dealkylation sites (tertiary alicyclic amines) is 1. The van der Waals surface area contributed by atoms with Gasteiger partial charge in [0.05, 0.1) is 0 Å². The van der Waals surface area contributed by atoms with E-state index in [0.717, 1.165) is 30.6 Å². The van der Waals surface area contributed by atoms with Crippen LogP contribution in [0.4, 0.5) is 0 Å². The summed E-state index contributed by atoms with van der Waals surface area (Å²) < 4.78 is 0. The number of carbonyl (C=O) groups is 3. The molecule has 25 heavy (non-hydrogen) atoms. The lowest BCUT2D eigenvalue weighted by atomic mass is 9.98. The van der Waals surface area contributed by atoms with Crippen LogP contribution in [0.1, 0.15) is 40.7 Å². The summed E-state index contributed by atoms with van der Waals surface area (Å²) >= 11 is 0. The summed E-state index contributed by atoms with van der Waals surface area (Å²) in [6.45, 7) is 2.88. The van der Waals surface area contributed by atoms with E-state index in [1.807, 2.05) is 18.2 Å². The summed E-state index contributed by atoms with van der Waals surface area (Å²) in [6, 6.07) is 5.62. The summed E-state index contributed by atoms with van der Waals surface area (Å²) in [5.41, 5.74) is 8.58. The molecule has 3 N–H and O–H groups in total. The fourth-order valence-electron chi connectivity index (χ4n) is 3.99. The van der Waals surface area contributed by atoms with Gasteiger partial charge in [-0.15, -0.1) is 0 Å². The zero-order chi connectivity index (χ0) is 17.6. The van der Waals surface area contributed by atoms with E-state index in [9.17, 15) is 14.4 Å². The fourth-order valence-corrected chi connectivity index (χ4v) is 3.99. The first-order valence-corrected chi connectivity index (χ1v) is 8.78. The highest BCUT2D eigenvalue weighted by atomic mass is 16.2. The van der Waals surface area contributed by atoms with E-state index in [-0.39, 0.29) is 24.1 Å². The van der Waals surface area contributed by atoms with Gasteiger partial charge in [-0.1, -0.05) is 12.1 Å². The number of piperidine rings is 1. The average molecular weight is 342 g/mol. The van der Waals surface area contributed by atoms with Gasteiger partial charge in [0.2, 0.25) is 11.8 Å². The maximum Gasteiger partial charge on any atom is 0.255 e. The molecule has 3 aliphatic heterocycles. The lowest BCUT2D eigenvalue weighted by Gasteiger charge is -2.40. The zero-order valence-corrected chi connectivity index (χ0v) is 14.0. The summed E-state index contributed by atoms with van der Waals surface area (Å²) in [5.74, 6) is -0.757. The van der Waals surface area contributed by atoms with Crippen LogP contribution in [0, 0.1) is 0 Å². The molecule has 4 rings (SSSR count). The first kappa shape index (κ1) is 16.2. The van der Waals surface area contributed by atoms with Crippen LogP contribution < -0.4 is 11.1 Å². The number of rotatable bonds is 4. The van der Waals surface area contributed by atoms with Gasteiger partial charge in [-0.3, -0.25) is 24.6 Å². The monoisotopic (exact) mass is 342 g/mol. The Morgan fingerprint density at radius 2 is 2.04 bits per heavy atom. The van der Waals surface area contributed by atoms with Crippen LogP contribution in [0.2, 0.25) is 0 Å². The standard InChI is InChI=1S/C18H22N4O3/c19-8-12-6-7-21(12)9-11-2-1-3-13-14(11)10-22(18(13)25)15-4-5-16(23)20-17(15)24/h1-3,12,15H,4-10,19H2,(H,20,23,24). The summed E-state index contributed by atoms with van der Waals surface area (Å²) in [5, 5.41) is 2.34. The van der Waals surface area contributed by atoms with Crippen LogP contribution in [-0.2, 0) is 22.7 Å². The van der Waals surface area contributed by atoms with E-state index < -0.39 is 6.04 Å². The predicted molar refractivity (Wildman–Crippen MR) is 90.4 cm³/mol. The van der Waals surface area contributed by atoms with Gasteiger partial charge in [0.25, 0.3) is 5.91 Å². The Morgan fingerprint density at radius 3 is 2.72 bits per heavy atom.